The average molecular weight is 325 g/mol. The van der Waals surface area contributed by atoms with Gasteiger partial charge in [0.1, 0.15) is 0 Å². The minimum atomic E-state index is -0.441. The van der Waals surface area contributed by atoms with Crippen molar-refractivity contribution in [1.29, 1.82) is 0 Å². The van der Waals surface area contributed by atoms with Crippen LogP contribution in [0.5, 0.6) is 0 Å². The third-order valence-corrected chi connectivity index (χ3v) is 4.45. The summed E-state index contributed by atoms with van der Waals surface area (Å²) in [6.07, 6.45) is 1.51. The van der Waals surface area contributed by atoms with Gasteiger partial charge in [0, 0.05) is 6.04 Å². The topological polar surface area (TPSA) is 55.1 Å². The van der Waals surface area contributed by atoms with Gasteiger partial charge >= 0.3 is 0 Å². The van der Waals surface area contributed by atoms with Crippen LogP contribution in [0.4, 0.5) is 0 Å². The van der Waals surface area contributed by atoms with E-state index in [1.165, 1.54) is 0 Å². The summed E-state index contributed by atoms with van der Waals surface area (Å²) in [4.78, 5) is 12.6. The molecule has 0 bridgehead atoms. The Labute approximate surface area is 137 Å². The molecule has 1 aromatic carbocycles. The maximum Gasteiger partial charge on any atom is 0.230 e. The molecule has 116 valence electrons. The molecule has 0 fully saturated rings. The highest BCUT2D eigenvalue weighted by Crippen LogP contribution is 2.11. The second-order valence-electron chi connectivity index (χ2n) is 5.04. The Morgan fingerprint density at radius 3 is 2.62 bits per heavy atom. The number of thiocarbonyl (C=S) groups is 1. The lowest BCUT2D eigenvalue weighted by atomic mass is 9.98. The minimum absolute atomic E-state index is 0.0691. The molecule has 0 spiro atoms. The van der Waals surface area contributed by atoms with E-state index in [1.807, 2.05) is 49.0 Å². The Morgan fingerprint density at radius 1 is 1.38 bits per heavy atom. The van der Waals surface area contributed by atoms with E-state index in [1.54, 1.807) is 0 Å². The normalized spacial score (nSPS) is 13.4. The van der Waals surface area contributed by atoms with Crippen molar-refractivity contribution in [2.45, 2.75) is 32.7 Å². The van der Waals surface area contributed by atoms with E-state index < -0.39 is 5.92 Å². The fourth-order valence-electron chi connectivity index (χ4n) is 1.99. The van der Waals surface area contributed by atoms with Crippen LogP contribution in [0.25, 0.3) is 0 Å². The van der Waals surface area contributed by atoms with Crippen molar-refractivity contribution in [1.82, 2.24) is 5.32 Å². The lowest BCUT2D eigenvalue weighted by molar-refractivity contribution is -0.123. The van der Waals surface area contributed by atoms with Crippen LogP contribution in [0.2, 0.25) is 0 Å². The van der Waals surface area contributed by atoms with Crippen LogP contribution < -0.4 is 11.1 Å². The van der Waals surface area contributed by atoms with E-state index in [4.69, 9.17) is 18.0 Å². The minimum Gasteiger partial charge on any atom is -0.393 e. The van der Waals surface area contributed by atoms with Crippen molar-refractivity contribution in [3.63, 3.8) is 0 Å². The van der Waals surface area contributed by atoms with Gasteiger partial charge in [0.2, 0.25) is 5.91 Å². The number of rotatable bonds is 9. The van der Waals surface area contributed by atoms with Gasteiger partial charge in [-0.3, -0.25) is 4.79 Å². The molecule has 0 heterocycles. The highest BCUT2D eigenvalue weighted by Gasteiger charge is 2.23. The number of carbonyl (C=O) groups is 1. The van der Waals surface area contributed by atoms with Gasteiger partial charge in [0.15, 0.2) is 0 Å². The van der Waals surface area contributed by atoms with Crippen molar-refractivity contribution >= 4 is 34.9 Å². The molecule has 0 aliphatic carbocycles. The van der Waals surface area contributed by atoms with E-state index in [9.17, 15) is 4.79 Å². The predicted molar refractivity (Wildman–Crippen MR) is 95.6 cm³/mol. The van der Waals surface area contributed by atoms with Gasteiger partial charge in [-0.2, -0.15) is 11.8 Å². The Kier molecular flexibility index (Phi) is 8.38. The van der Waals surface area contributed by atoms with Crippen molar-refractivity contribution in [3.8, 4) is 0 Å². The summed E-state index contributed by atoms with van der Waals surface area (Å²) in [6, 6.07) is 9.97. The van der Waals surface area contributed by atoms with Crippen molar-refractivity contribution in [2.75, 3.05) is 11.5 Å². The Bertz CT molecular complexity index is 451. The zero-order chi connectivity index (χ0) is 15.7. The van der Waals surface area contributed by atoms with Crippen LogP contribution in [0.1, 0.15) is 25.8 Å². The number of thioether (sulfide) groups is 1. The number of benzene rings is 1. The zero-order valence-corrected chi connectivity index (χ0v) is 14.3. The van der Waals surface area contributed by atoms with Gasteiger partial charge in [-0.05, 0) is 36.8 Å². The molecule has 0 saturated heterocycles. The molecule has 3 N–H and O–H groups in total. The first kappa shape index (κ1) is 18.0. The molecule has 1 rings (SSSR count). The van der Waals surface area contributed by atoms with Crippen LogP contribution in [0.3, 0.4) is 0 Å². The summed E-state index contributed by atoms with van der Waals surface area (Å²) in [5, 5.41) is 3.02. The highest BCUT2D eigenvalue weighted by molar-refractivity contribution is 7.99. The Morgan fingerprint density at radius 2 is 2.05 bits per heavy atom. The number of carbonyl (C=O) groups excluding carboxylic acids is 1. The first-order valence-electron chi connectivity index (χ1n) is 7.26. The largest absolute Gasteiger partial charge is 0.393 e. The van der Waals surface area contributed by atoms with E-state index in [0.717, 1.165) is 23.5 Å². The van der Waals surface area contributed by atoms with Gasteiger partial charge in [0.25, 0.3) is 0 Å². The third-order valence-electron chi connectivity index (χ3n) is 3.23. The molecule has 5 heteroatoms. The SMILES string of the molecule is CCSCCC(C)NC(=O)C(Cc1ccccc1)C(N)=S. The van der Waals surface area contributed by atoms with E-state index in [0.29, 0.717) is 6.42 Å². The molecule has 0 aliphatic heterocycles. The van der Waals surface area contributed by atoms with Gasteiger partial charge in [-0.1, -0.05) is 49.5 Å². The lowest BCUT2D eigenvalue weighted by Crippen LogP contribution is -2.43. The average Bonchev–Trinajstić information content (AvgIpc) is 2.45. The number of hydrogen-bond donors (Lipinski definition) is 2. The van der Waals surface area contributed by atoms with Crippen molar-refractivity contribution < 1.29 is 4.79 Å². The lowest BCUT2D eigenvalue weighted by Gasteiger charge is -2.19. The first-order chi connectivity index (χ1) is 10.0. The number of nitrogens with one attached hydrogen (secondary N) is 1. The molecule has 2 unspecified atom stereocenters. The smallest absolute Gasteiger partial charge is 0.230 e. The zero-order valence-electron chi connectivity index (χ0n) is 12.7. The quantitative estimate of drug-likeness (QED) is 0.542. The Hall–Kier alpha value is -1.07. The molecule has 0 aromatic heterocycles. The molecule has 0 radical (unpaired) electrons. The molecule has 0 saturated carbocycles. The molecule has 2 atom stereocenters. The predicted octanol–water partition coefficient (Wildman–Crippen LogP) is 2.78. The summed E-state index contributed by atoms with van der Waals surface area (Å²) in [7, 11) is 0. The van der Waals surface area contributed by atoms with Crippen LogP contribution in [0.15, 0.2) is 30.3 Å². The van der Waals surface area contributed by atoms with Crippen molar-refractivity contribution in [3.05, 3.63) is 35.9 Å². The van der Waals surface area contributed by atoms with Crippen molar-refractivity contribution in [2.24, 2.45) is 11.7 Å². The third kappa shape index (κ3) is 6.96. The van der Waals surface area contributed by atoms with Crippen LogP contribution in [-0.4, -0.2) is 28.4 Å². The summed E-state index contributed by atoms with van der Waals surface area (Å²) < 4.78 is 0. The molecule has 3 nitrogen and oxygen atoms in total. The summed E-state index contributed by atoms with van der Waals surface area (Å²) in [6.45, 7) is 4.16. The molecule has 0 aliphatic rings. The molecule has 1 amide bonds. The molecular formula is C16H24N2OS2. The van der Waals surface area contributed by atoms with E-state index in [2.05, 4.69) is 12.2 Å². The number of amides is 1. The van der Waals surface area contributed by atoms with Gasteiger partial charge in [0.05, 0.1) is 10.9 Å². The maximum atomic E-state index is 12.3. The Balaban J connectivity index is 2.55. The summed E-state index contributed by atoms with van der Waals surface area (Å²) in [5.74, 6) is 1.64. The van der Waals surface area contributed by atoms with Gasteiger partial charge < -0.3 is 11.1 Å². The standard InChI is InChI=1S/C16H24N2OS2/c1-3-21-10-9-12(2)18-16(19)14(15(17)20)11-13-7-5-4-6-8-13/h4-8,12,14H,3,9-11H2,1-2H3,(H2,17,20)(H,18,19). The second-order valence-corrected chi connectivity index (χ2v) is 6.91. The van der Waals surface area contributed by atoms with Crippen LogP contribution >= 0.6 is 24.0 Å². The fourth-order valence-corrected chi connectivity index (χ4v) is 2.99. The number of nitrogens with two attached hydrogens (primary N) is 1. The van der Waals surface area contributed by atoms with Gasteiger partial charge in [-0.15, -0.1) is 0 Å². The fraction of sp³-hybridized carbons (Fsp3) is 0.500. The highest BCUT2D eigenvalue weighted by atomic mass is 32.2. The van der Waals surface area contributed by atoms with Crippen LogP contribution in [-0.2, 0) is 11.2 Å². The van der Waals surface area contributed by atoms with Crippen LogP contribution in [0, 0.1) is 5.92 Å². The number of hydrogen-bond acceptors (Lipinski definition) is 3. The maximum absolute atomic E-state index is 12.3. The molecular weight excluding hydrogens is 300 g/mol. The summed E-state index contributed by atoms with van der Waals surface area (Å²) in [5.41, 5.74) is 6.82. The van der Waals surface area contributed by atoms with E-state index >= 15 is 0 Å². The second kappa shape index (κ2) is 9.79. The molecule has 1 aromatic rings. The summed E-state index contributed by atoms with van der Waals surface area (Å²) >= 11 is 6.94. The first-order valence-corrected chi connectivity index (χ1v) is 8.82. The van der Waals surface area contributed by atoms with Gasteiger partial charge in [-0.25, -0.2) is 0 Å². The van der Waals surface area contributed by atoms with E-state index in [-0.39, 0.29) is 16.9 Å². The monoisotopic (exact) mass is 324 g/mol. The molecule has 21 heavy (non-hydrogen) atoms.